The zero-order valence-electron chi connectivity index (χ0n) is 18.6. The van der Waals surface area contributed by atoms with Crippen LogP contribution in [0.1, 0.15) is 32.0 Å². The first kappa shape index (κ1) is 27.5. The highest BCUT2D eigenvalue weighted by Gasteiger charge is 2.66. The topological polar surface area (TPSA) is 103 Å². The standard InChI is InChI=1S/C21H22F7N3O3S/c1-17(2,3)35(33)31-18(20(23,24)25)10-34-16-13(18)8-14(19(32,9-29)21(26,27)28)30-15(16)11-4-6-12(22)7-5-11/h4-8,31-32H,9-10,29H2,1-3H3/t18?,19?,35-/m1/s1. The largest absolute Gasteiger partial charge is 0.598 e. The highest BCUT2D eigenvalue weighted by atomic mass is 32.2. The van der Waals surface area contributed by atoms with Gasteiger partial charge in [0.1, 0.15) is 22.9 Å². The SMILES string of the molecule is CC(C)(C)[S@@+]([O-])NC1(C(F)(F)F)COc2c1cc(C(O)(CN)C(F)(F)F)nc2-c1ccc(F)cc1. The summed E-state index contributed by atoms with van der Waals surface area (Å²) in [6.07, 6.45) is -10.6. The number of nitrogens with one attached hydrogen (secondary N) is 1. The van der Waals surface area contributed by atoms with Crippen LogP contribution in [0.15, 0.2) is 30.3 Å². The Morgan fingerprint density at radius 1 is 1.14 bits per heavy atom. The van der Waals surface area contributed by atoms with E-state index in [4.69, 9.17) is 10.5 Å². The van der Waals surface area contributed by atoms with Crippen LogP contribution in [0.25, 0.3) is 11.3 Å². The molecule has 0 saturated heterocycles. The molecule has 3 atom stereocenters. The quantitative estimate of drug-likeness (QED) is 0.402. The lowest BCUT2D eigenvalue weighted by atomic mass is 9.88. The van der Waals surface area contributed by atoms with Crippen LogP contribution in [0, 0.1) is 5.82 Å². The van der Waals surface area contributed by atoms with Gasteiger partial charge in [-0.05, 0) is 51.1 Å². The summed E-state index contributed by atoms with van der Waals surface area (Å²) in [4.78, 5) is 3.76. The van der Waals surface area contributed by atoms with Crippen LogP contribution in [0.2, 0.25) is 0 Å². The van der Waals surface area contributed by atoms with Crippen molar-refractivity contribution in [3.05, 3.63) is 47.4 Å². The normalized spacial score (nSPS) is 21.3. The molecule has 1 aromatic carbocycles. The second-order valence-corrected chi connectivity index (χ2v) is 10.9. The van der Waals surface area contributed by atoms with E-state index in [-0.39, 0.29) is 5.56 Å². The lowest BCUT2D eigenvalue weighted by Crippen LogP contribution is -2.60. The first-order valence-corrected chi connectivity index (χ1v) is 11.2. The molecule has 1 aromatic heterocycles. The molecule has 4 N–H and O–H groups in total. The highest BCUT2D eigenvalue weighted by molar-refractivity contribution is 7.90. The van der Waals surface area contributed by atoms with Gasteiger partial charge in [-0.3, -0.25) is 0 Å². The Kier molecular flexibility index (Phi) is 6.87. The van der Waals surface area contributed by atoms with Crippen LogP contribution in [0.3, 0.4) is 0 Å². The molecule has 0 radical (unpaired) electrons. The molecule has 14 heteroatoms. The number of rotatable bonds is 5. The summed E-state index contributed by atoms with van der Waals surface area (Å²) in [5.41, 5.74) is -4.54. The van der Waals surface area contributed by atoms with Gasteiger partial charge in [0, 0.05) is 29.0 Å². The number of hydrogen-bond donors (Lipinski definition) is 3. The predicted octanol–water partition coefficient (Wildman–Crippen LogP) is 3.80. The van der Waals surface area contributed by atoms with E-state index in [1.165, 1.54) is 20.8 Å². The third-order valence-corrected chi connectivity index (χ3v) is 7.12. The molecule has 35 heavy (non-hydrogen) atoms. The molecule has 2 unspecified atom stereocenters. The zero-order valence-corrected chi connectivity index (χ0v) is 19.5. The maximum atomic E-state index is 14.5. The van der Waals surface area contributed by atoms with Gasteiger partial charge in [0.15, 0.2) is 5.75 Å². The molecule has 1 aliphatic rings. The molecular formula is C21H22F7N3O3S. The van der Waals surface area contributed by atoms with E-state index in [9.17, 15) is 40.4 Å². The summed E-state index contributed by atoms with van der Waals surface area (Å²) in [5, 5.41) is 10.4. The van der Waals surface area contributed by atoms with E-state index in [1.54, 1.807) is 0 Å². The van der Waals surface area contributed by atoms with Crippen molar-refractivity contribution >= 4 is 11.4 Å². The number of pyridine rings is 1. The van der Waals surface area contributed by atoms with Crippen molar-refractivity contribution in [3.63, 3.8) is 0 Å². The van der Waals surface area contributed by atoms with Gasteiger partial charge < -0.3 is 20.1 Å². The fourth-order valence-electron chi connectivity index (χ4n) is 3.32. The fraction of sp³-hybridized carbons (Fsp3) is 0.476. The Balaban J connectivity index is 2.38. The van der Waals surface area contributed by atoms with Crippen LogP contribution in [-0.4, -0.2) is 44.9 Å². The van der Waals surface area contributed by atoms with E-state index in [2.05, 4.69) is 4.98 Å². The van der Waals surface area contributed by atoms with Crippen molar-refractivity contribution < 1.29 is 45.1 Å². The smallest absolute Gasteiger partial charge is 0.424 e. The van der Waals surface area contributed by atoms with E-state index in [0.717, 1.165) is 24.3 Å². The summed E-state index contributed by atoms with van der Waals surface area (Å²) < 4.78 is 117. The summed E-state index contributed by atoms with van der Waals surface area (Å²) in [5.74, 6) is -1.28. The van der Waals surface area contributed by atoms with Crippen molar-refractivity contribution in [3.8, 4) is 17.0 Å². The average molecular weight is 529 g/mol. The van der Waals surface area contributed by atoms with Crippen molar-refractivity contribution in [2.75, 3.05) is 13.2 Å². The maximum Gasteiger partial charge on any atom is 0.424 e. The van der Waals surface area contributed by atoms with Gasteiger partial charge in [0.2, 0.25) is 11.1 Å². The van der Waals surface area contributed by atoms with Crippen molar-refractivity contribution in [2.24, 2.45) is 5.73 Å². The lowest BCUT2D eigenvalue weighted by molar-refractivity contribution is -0.263. The minimum atomic E-state index is -5.41. The molecule has 1 aliphatic heterocycles. The Hall–Kier alpha value is -2.13. The molecule has 3 rings (SSSR count). The molecule has 2 heterocycles. The number of alkyl halides is 6. The molecule has 6 nitrogen and oxygen atoms in total. The number of aromatic nitrogens is 1. The second kappa shape index (κ2) is 8.76. The number of benzene rings is 1. The molecule has 0 amide bonds. The molecule has 194 valence electrons. The number of ether oxygens (including phenoxy) is 1. The van der Waals surface area contributed by atoms with Crippen LogP contribution >= 0.6 is 0 Å². The second-order valence-electron chi connectivity index (χ2n) is 8.98. The van der Waals surface area contributed by atoms with E-state index >= 15 is 0 Å². The van der Waals surface area contributed by atoms with Crippen LogP contribution in [0.4, 0.5) is 30.7 Å². The number of halogens is 7. The minimum absolute atomic E-state index is 0.0824. The lowest BCUT2D eigenvalue weighted by Gasteiger charge is -2.35. The van der Waals surface area contributed by atoms with Crippen LogP contribution < -0.4 is 15.2 Å². The average Bonchev–Trinajstić information content (AvgIpc) is 3.11. The van der Waals surface area contributed by atoms with Crippen molar-refractivity contribution in [1.82, 2.24) is 9.71 Å². The first-order valence-electron chi connectivity index (χ1n) is 10.1. The van der Waals surface area contributed by atoms with E-state index < -0.39 is 81.3 Å². The highest BCUT2D eigenvalue weighted by Crippen LogP contribution is 2.52. The van der Waals surface area contributed by atoms with Crippen molar-refractivity contribution in [1.29, 1.82) is 0 Å². The number of nitrogens with two attached hydrogens (primary N) is 1. The van der Waals surface area contributed by atoms with E-state index in [0.29, 0.717) is 6.07 Å². The van der Waals surface area contributed by atoms with Gasteiger partial charge in [0.25, 0.3) is 0 Å². The molecular weight excluding hydrogens is 507 g/mol. The maximum absolute atomic E-state index is 14.5. The summed E-state index contributed by atoms with van der Waals surface area (Å²) in [7, 11) is 0. The Morgan fingerprint density at radius 3 is 2.17 bits per heavy atom. The Morgan fingerprint density at radius 2 is 1.71 bits per heavy atom. The Bertz CT molecular complexity index is 1090. The van der Waals surface area contributed by atoms with Crippen LogP contribution in [-0.2, 0) is 22.5 Å². The Labute approximate surface area is 199 Å². The van der Waals surface area contributed by atoms with Gasteiger partial charge in [-0.25, -0.2) is 9.37 Å². The van der Waals surface area contributed by atoms with Gasteiger partial charge in [0.05, 0.1) is 5.69 Å². The zero-order chi connectivity index (χ0) is 26.6. The third kappa shape index (κ3) is 4.69. The van der Waals surface area contributed by atoms with Gasteiger partial charge in [-0.2, -0.15) is 26.3 Å². The third-order valence-electron chi connectivity index (χ3n) is 5.48. The summed E-state index contributed by atoms with van der Waals surface area (Å²) in [6, 6.07) is 4.40. The molecule has 2 aromatic rings. The van der Waals surface area contributed by atoms with Crippen molar-refractivity contribution in [2.45, 2.75) is 49.0 Å². The van der Waals surface area contributed by atoms with Gasteiger partial charge >= 0.3 is 12.4 Å². The minimum Gasteiger partial charge on any atom is -0.598 e. The summed E-state index contributed by atoms with van der Waals surface area (Å²) in [6.45, 7) is 1.56. The molecule has 0 spiro atoms. The number of nitrogens with zero attached hydrogens (tertiary/aromatic N) is 1. The molecule has 0 aliphatic carbocycles. The number of aliphatic hydroxyl groups is 1. The number of hydrogen-bond acceptors (Lipinski definition) is 6. The summed E-state index contributed by atoms with van der Waals surface area (Å²) >= 11 is -2.35. The predicted molar refractivity (Wildman–Crippen MR) is 113 cm³/mol. The fourth-order valence-corrected chi connectivity index (χ4v) is 4.23. The molecule has 0 bridgehead atoms. The molecule has 0 saturated carbocycles. The van der Waals surface area contributed by atoms with E-state index in [1.807, 2.05) is 4.72 Å². The molecule has 0 fully saturated rings. The van der Waals surface area contributed by atoms with Gasteiger partial charge in [-0.15, -0.1) is 4.72 Å². The monoisotopic (exact) mass is 529 g/mol. The number of fused-ring (bicyclic) bond motifs is 1. The first-order chi connectivity index (χ1) is 15.9. The van der Waals surface area contributed by atoms with Crippen LogP contribution in [0.5, 0.6) is 5.75 Å². The van der Waals surface area contributed by atoms with Gasteiger partial charge in [-0.1, -0.05) is 0 Å².